The van der Waals surface area contributed by atoms with Gasteiger partial charge in [-0.1, -0.05) is 41.1 Å². The monoisotopic (exact) mass is 367 g/mol. The first-order valence-corrected chi connectivity index (χ1v) is 7.99. The van der Waals surface area contributed by atoms with Crippen LogP contribution < -0.4 is 5.32 Å². The van der Waals surface area contributed by atoms with Crippen LogP contribution in [-0.2, 0) is 19.8 Å². The van der Waals surface area contributed by atoms with Crippen LogP contribution in [0.2, 0.25) is 0 Å². The number of nitrogens with one attached hydrogen (secondary N) is 1. The Morgan fingerprint density at radius 3 is 2.59 bits per heavy atom. The third-order valence-corrected chi connectivity index (χ3v) is 5.14. The van der Waals surface area contributed by atoms with Crippen LogP contribution >= 0.6 is 15.9 Å². The zero-order valence-corrected chi connectivity index (χ0v) is 15.0. The van der Waals surface area contributed by atoms with E-state index in [1.807, 2.05) is 25.1 Å². The Balaban J connectivity index is 2.42. The van der Waals surface area contributed by atoms with Crippen molar-refractivity contribution < 1.29 is 14.3 Å². The summed E-state index contributed by atoms with van der Waals surface area (Å²) in [5, 5.41) is 3.51. The lowest BCUT2D eigenvalue weighted by Crippen LogP contribution is -2.61. The maximum absolute atomic E-state index is 11.5. The quantitative estimate of drug-likeness (QED) is 0.640. The van der Waals surface area contributed by atoms with E-state index in [0.717, 1.165) is 15.7 Å². The van der Waals surface area contributed by atoms with Gasteiger partial charge in [0, 0.05) is 21.7 Å². The lowest BCUT2D eigenvalue weighted by Gasteiger charge is -2.53. The van der Waals surface area contributed by atoms with Crippen LogP contribution in [0.25, 0.3) is 0 Å². The molecule has 1 heterocycles. The Morgan fingerprint density at radius 1 is 1.45 bits per heavy atom. The number of halogens is 1. The second-order valence-corrected chi connectivity index (χ2v) is 6.99. The highest BCUT2D eigenvalue weighted by Gasteiger charge is 2.51. The highest BCUT2D eigenvalue weighted by molar-refractivity contribution is 9.10. The van der Waals surface area contributed by atoms with Crippen molar-refractivity contribution in [3.05, 3.63) is 46.1 Å². The first-order chi connectivity index (χ1) is 10.3. The van der Waals surface area contributed by atoms with E-state index in [1.54, 1.807) is 0 Å². The SMILES string of the molecule is COC(=O)/C=C(/C)NC(C)(c1ccccc1Br)C1(C)COC1. The number of ether oxygens (including phenoxy) is 2. The van der Waals surface area contributed by atoms with E-state index in [-0.39, 0.29) is 16.9 Å². The lowest BCUT2D eigenvalue weighted by molar-refractivity contribution is -0.149. The van der Waals surface area contributed by atoms with Gasteiger partial charge in [-0.3, -0.25) is 0 Å². The molecule has 1 saturated heterocycles. The molecule has 1 aliphatic heterocycles. The average Bonchev–Trinajstić information content (AvgIpc) is 2.44. The Morgan fingerprint density at radius 2 is 2.09 bits per heavy atom. The number of hydrogen-bond acceptors (Lipinski definition) is 4. The Labute approximate surface area is 140 Å². The summed E-state index contributed by atoms with van der Waals surface area (Å²) in [6, 6.07) is 8.12. The van der Waals surface area contributed by atoms with E-state index in [2.05, 4.69) is 41.2 Å². The van der Waals surface area contributed by atoms with Gasteiger partial charge in [0.2, 0.25) is 0 Å². The molecule has 1 aromatic rings. The molecule has 22 heavy (non-hydrogen) atoms. The van der Waals surface area contributed by atoms with Crippen LogP contribution in [0.4, 0.5) is 0 Å². The third kappa shape index (κ3) is 3.06. The van der Waals surface area contributed by atoms with E-state index >= 15 is 0 Å². The molecule has 1 aliphatic rings. The fourth-order valence-electron chi connectivity index (χ4n) is 2.77. The van der Waals surface area contributed by atoms with Gasteiger partial charge in [-0.25, -0.2) is 4.79 Å². The Kier molecular flexibility index (Phi) is 4.97. The zero-order chi connectivity index (χ0) is 16.4. The van der Waals surface area contributed by atoms with Crippen LogP contribution in [0.5, 0.6) is 0 Å². The summed E-state index contributed by atoms with van der Waals surface area (Å²) in [4.78, 5) is 11.5. The van der Waals surface area contributed by atoms with E-state index in [9.17, 15) is 4.79 Å². The number of esters is 1. The van der Waals surface area contributed by atoms with Crippen molar-refractivity contribution in [1.82, 2.24) is 5.32 Å². The predicted molar refractivity (Wildman–Crippen MR) is 89.3 cm³/mol. The van der Waals surface area contributed by atoms with Crippen molar-refractivity contribution in [2.45, 2.75) is 26.3 Å². The first-order valence-electron chi connectivity index (χ1n) is 7.19. The number of rotatable bonds is 5. The van der Waals surface area contributed by atoms with Crippen molar-refractivity contribution in [1.29, 1.82) is 0 Å². The standard InChI is InChI=1S/C17H22BrNO3/c1-12(9-15(20)21-4)19-17(3,16(2)10-22-11-16)13-7-5-6-8-14(13)18/h5-9,19H,10-11H2,1-4H3/b12-9-. The van der Waals surface area contributed by atoms with Crippen molar-refractivity contribution in [3.63, 3.8) is 0 Å². The molecule has 2 rings (SSSR count). The molecular formula is C17H22BrNO3. The van der Waals surface area contributed by atoms with E-state index < -0.39 is 0 Å². The molecule has 1 atom stereocenters. The molecule has 120 valence electrons. The fraction of sp³-hybridized carbons (Fsp3) is 0.471. The van der Waals surface area contributed by atoms with Crippen molar-refractivity contribution >= 4 is 21.9 Å². The summed E-state index contributed by atoms with van der Waals surface area (Å²) in [7, 11) is 1.38. The molecule has 0 radical (unpaired) electrons. The molecule has 1 aromatic carbocycles. The summed E-state index contributed by atoms with van der Waals surface area (Å²) in [5.41, 5.74) is 1.46. The Bertz CT molecular complexity index is 595. The zero-order valence-electron chi connectivity index (χ0n) is 13.4. The molecule has 5 heteroatoms. The van der Waals surface area contributed by atoms with Gasteiger partial charge >= 0.3 is 5.97 Å². The molecular weight excluding hydrogens is 346 g/mol. The highest BCUT2D eigenvalue weighted by Crippen LogP contribution is 2.47. The molecule has 0 spiro atoms. The summed E-state index contributed by atoms with van der Waals surface area (Å²) < 4.78 is 11.2. The smallest absolute Gasteiger partial charge is 0.332 e. The maximum Gasteiger partial charge on any atom is 0.332 e. The van der Waals surface area contributed by atoms with Crippen molar-refractivity contribution in [3.8, 4) is 0 Å². The molecule has 0 aliphatic carbocycles. The van der Waals surface area contributed by atoms with Crippen LogP contribution in [0.1, 0.15) is 26.3 Å². The van der Waals surface area contributed by atoms with E-state index in [0.29, 0.717) is 13.2 Å². The van der Waals surface area contributed by atoms with Gasteiger partial charge in [0.1, 0.15) is 0 Å². The minimum Gasteiger partial charge on any atom is -0.466 e. The van der Waals surface area contributed by atoms with Crippen molar-refractivity contribution in [2.24, 2.45) is 5.41 Å². The van der Waals surface area contributed by atoms with Crippen molar-refractivity contribution in [2.75, 3.05) is 20.3 Å². The van der Waals surface area contributed by atoms with Gasteiger partial charge < -0.3 is 14.8 Å². The van der Waals surface area contributed by atoms with Gasteiger partial charge in [0.15, 0.2) is 0 Å². The molecule has 0 amide bonds. The first kappa shape index (κ1) is 17.0. The third-order valence-electron chi connectivity index (χ3n) is 4.44. The molecule has 1 N–H and O–H groups in total. The minimum atomic E-state index is -0.375. The summed E-state index contributed by atoms with van der Waals surface area (Å²) >= 11 is 3.64. The number of hydrogen-bond donors (Lipinski definition) is 1. The average molecular weight is 368 g/mol. The van der Waals surface area contributed by atoms with Gasteiger partial charge in [-0.2, -0.15) is 0 Å². The van der Waals surface area contributed by atoms with Crippen LogP contribution in [-0.4, -0.2) is 26.3 Å². The van der Waals surface area contributed by atoms with Gasteiger partial charge in [0.05, 0.1) is 25.9 Å². The minimum absolute atomic E-state index is 0.0674. The van der Waals surface area contributed by atoms with E-state index in [1.165, 1.54) is 13.2 Å². The number of methoxy groups -OCH3 is 1. The van der Waals surface area contributed by atoms with Gasteiger partial charge in [-0.05, 0) is 25.5 Å². The second-order valence-electron chi connectivity index (χ2n) is 6.13. The van der Waals surface area contributed by atoms with Crippen LogP contribution in [0.3, 0.4) is 0 Å². The number of carbonyl (C=O) groups excluding carboxylic acids is 1. The summed E-state index contributed by atoms with van der Waals surface area (Å²) in [6.07, 6.45) is 1.47. The van der Waals surface area contributed by atoms with Gasteiger partial charge in [-0.15, -0.1) is 0 Å². The largest absolute Gasteiger partial charge is 0.466 e. The molecule has 1 fully saturated rings. The van der Waals surface area contributed by atoms with Crippen LogP contribution in [0.15, 0.2) is 40.5 Å². The number of benzene rings is 1. The molecule has 0 saturated carbocycles. The second kappa shape index (κ2) is 6.42. The number of allylic oxidation sites excluding steroid dienone is 1. The highest BCUT2D eigenvalue weighted by atomic mass is 79.9. The maximum atomic E-state index is 11.5. The molecule has 0 bridgehead atoms. The topological polar surface area (TPSA) is 47.6 Å². The summed E-state index contributed by atoms with van der Waals surface area (Å²) in [5.74, 6) is -0.366. The summed E-state index contributed by atoms with van der Waals surface area (Å²) in [6.45, 7) is 7.54. The predicted octanol–water partition coefficient (Wildman–Crippen LogP) is 3.37. The fourth-order valence-corrected chi connectivity index (χ4v) is 3.45. The molecule has 1 unspecified atom stereocenters. The molecule has 4 nitrogen and oxygen atoms in total. The van der Waals surface area contributed by atoms with Crippen LogP contribution in [0, 0.1) is 5.41 Å². The normalized spacial score (nSPS) is 19.8. The van der Waals surface area contributed by atoms with Gasteiger partial charge in [0.25, 0.3) is 0 Å². The Hall–Kier alpha value is -1.33. The van der Waals surface area contributed by atoms with E-state index in [4.69, 9.17) is 9.47 Å². The number of carbonyl (C=O) groups is 1. The molecule has 0 aromatic heterocycles. The lowest BCUT2D eigenvalue weighted by atomic mass is 9.66.